The van der Waals surface area contributed by atoms with E-state index in [1.807, 2.05) is 24.0 Å². The minimum atomic E-state index is 0.813. The van der Waals surface area contributed by atoms with Crippen LogP contribution in [0.1, 0.15) is 10.6 Å². The summed E-state index contributed by atoms with van der Waals surface area (Å²) < 4.78 is 3.70. The van der Waals surface area contributed by atoms with Gasteiger partial charge in [0.25, 0.3) is 0 Å². The molecule has 17 heavy (non-hydrogen) atoms. The second-order valence-electron chi connectivity index (χ2n) is 3.71. The second kappa shape index (κ2) is 6.00. The van der Waals surface area contributed by atoms with Crippen LogP contribution in [0.15, 0.2) is 22.8 Å². The Hall–Kier alpha value is -0.360. The molecule has 0 fully saturated rings. The van der Waals surface area contributed by atoms with E-state index < -0.39 is 0 Å². The van der Waals surface area contributed by atoms with E-state index in [1.54, 1.807) is 11.3 Å². The van der Waals surface area contributed by atoms with E-state index in [0.717, 1.165) is 28.3 Å². The second-order valence-corrected chi connectivity index (χ2v) is 6.30. The van der Waals surface area contributed by atoms with Gasteiger partial charge in [0.2, 0.25) is 0 Å². The largest absolute Gasteiger partial charge is 0.311 e. The molecule has 0 saturated heterocycles. The average Bonchev–Trinajstić information content (AvgIpc) is 2.82. The van der Waals surface area contributed by atoms with Crippen molar-refractivity contribution in [2.24, 2.45) is 7.05 Å². The smallest absolute Gasteiger partial charge is 0.107 e. The van der Waals surface area contributed by atoms with E-state index in [2.05, 4.69) is 32.4 Å². The summed E-state index contributed by atoms with van der Waals surface area (Å²) in [6.45, 7) is 1.79. The summed E-state index contributed by atoms with van der Waals surface area (Å²) in [5, 5.41) is 7.53. The zero-order valence-corrected chi connectivity index (χ0v) is 12.6. The van der Waals surface area contributed by atoms with E-state index >= 15 is 0 Å². The molecule has 0 aliphatic carbocycles. The van der Waals surface area contributed by atoms with Gasteiger partial charge in [-0.25, -0.2) is 0 Å². The number of halogens is 2. The molecule has 2 aromatic rings. The van der Waals surface area contributed by atoms with Crippen LogP contribution in [0.5, 0.6) is 0 Å². The molecule has 0 radical (unpaired) electrons. The zero-order valence-electron chi connectivity index (χ0n) is 9.41. The molecule has 0 amide bonds. The van der Waals surface area contributed by atoms with Crippen molar-refractivity contribution in [3.63, 3.8) is 0 Å². The minimum Gasteiger partial charge on any atom is -0.311 e. The number of thiophene rings is 1. The molecule has 0 bridgehead atoms. The number of nitrogens with zero attached hydrogens (tertiary/aromatic N) is 2. The average molecular weight is 335 g/mol. The highest BCUT2D eigenvalue weighted by molar-refractivity contribution is 9.10. The maximum atomic E-state index is 5.98. The summed E-state index contributed by atoms with van der Waals surface area (Å²) >= 11 is 11.0. The van der Waals surface area contributed by atoms with Gasteiger partial charge in [0.15, 0.2) is 0 Å². The van der Waals surface area contributed by atoms with E-state index in [0.29, 0.717) is 0 Å². The van der Waals surface area contributed by atoms with Crippen molar-refractivity contribution in [1.29, 1.82) is 0 Å². The zero-order chi connectivity index (χ0) is 12.3. The number of nitrogens with one attached hydrogen (secondary N) is 1. The normalized spacial score (nSPS) is 11.0. The molecule has 0 aliphatic rings. The van der Waals surface area contributed by atoms with Gasteiger partial charge in [0.1, 0.15) is 4.34 Å². The summed E-state index contributed by atoms with van der Waals surface area (Å²) in [4.78, 5) is 1.24. The van der Waals surface area contributed by atoms with Crippen LogP contribution in [0.4, 0.5) is 0 Å². The molecular formula is C11H13BrClN3S. The Balaban J connectivity index is 1.75. The SMILES string of the molecule is Cn1nccc1CCNCc1cc(Br)c(Cl)s1. The Morgan fingerprint density at radius 3 is 3.00 bits per heavy atom. The van der Waals surface area contributed by atoms with Gasteiger partial charge in [-0.15, -0.1) is 11.3 Å². The van der Waals surface area contributed by atoms with Crippen molar-refractivity contribution < 1.29 is 0 Å². The standard InChI is InChI=1S/C11H13BrClN3S/c1-16-8(3-5-15-16)2-4-14-7-9-6-10(12)11(13)17-9/h3,5-6,14H,2,4,7H2,1H3. The highest BCUT2D eigenvalue weighted by Crippen LogP contribution is 2.31. The number of aryl methyl sites for hydroxylation is 1. The molecule has 0 saturated carbocycles. The molecule has 2 aromatic heterocycles. The Kier molecular flexibility index (Phi) is 4.62. The molecule has 0 aliphatic heterocycles. The van der Waals surface area contributed by atoms with Gasteiger partial charge in [0, 0.05) is 47.8 Å². The topological polar surface area (TPSA) is 29.9 Å². The molecule has 2 heterocycles. The van der Waals surface area contributed by atoms with Crippen LogP contribution in [0.3, 0.4) is 0 Å². The Labute approximate surface area is 118 Å². The van der Waals surface area contributed by atoms with E-state index in [-0.39, 0.29) is 0 Å². The van der Waals surface area contributed by atoms with E-state index in [1.165, 1.54) is 10.6 Å². The highest BCUT2D eigenvalue weighted by atomic mass is 79.9. The minimum absolute atomic E-state index is 0.813. The molecule has 0 aromatic carbocycles. The third-order valence-corrected chi connectivity index (χ3v) is 4.95. The summed E-state index contributed by atoms with van der Waals surface area (Å²) in [6.07, 6.45) is 2.81. The first-order chi connectivity index (χ1) is 8.16. The lowest BCUT2D eigenvalue weighted by Crippen LogP contribution is -2.17. The number of rotatable bonds is 5. The molecular weight excluding hydrogens is 322 g/mol. The van der Waals surface area contributed by atoms with Gasteiger partial charge >= 0.3 is 0 Å². The summed E-state index contributed by atoms with van der Waals surface area (Å²) in [5.41, 5.74) is 1.24. The lowest BCUT2D eigenvalue weighted by Gasteiger charge is -2.03. The fourth-order valence-electron chi connectivity index (χ4n) is 1.55. The van der Waals surface area contributed by atoms with Gasteiger partial charge in [-0.1, -0.05) is 11.6 Å². The van der Waals surface area contributed by atoms with Crippen LogP contribution in [0.2, 0.25) is 4.34 Å². The number of hydrogen-bond acceptors (Lipinski definition) is 3. The Bertz CT molecular complexity index is 475. The van der Waals surface area contributed by atoms with E-state index in [4.69, 9.17) is 11.6 Å². The molecule has 1 N–H and O–H groups in total. The van der Waals surface area contributed by atoms with Crippen LogP contribution in [0, 0.1) is 0 Å². The van der Waals surface area contributed by atoms with Crippen molar-refractivity contribution in [3.8, 4) is 0 Å². The van der Waals surface area contributed by atoms with E-state index in [9.17, 15) is 0 Å². The Morgan fingerprint density at radius 1 is 1.59 bits per heavy atom. The Morgan fingerprint density at radius 2 is 2.41 bits per heavy atom. The van der Waals surface area contributed by atoms with Crippen molar-refractivity contribution >= 4 is 38.9 Å². The fraction of sp³-hybridized carbons (Fsp3) is 0.364. The third kappa shape index (κ3) is 3.55. The summed E-state index contributed by atoms with van der Waals surface area (Å²) in [5.74, 6) is 0. The predicted octanol–water partition coefficient (Wildman–Crippen LogP) is 3.23. The van der Waals surface area contributed by atoms with Crippen molar-refractivity contribution in [2.45, 2.75) is 13.0 Å². The third-order valence-electron chi connectivity index (χ3n) is 2.48. The van der Waals surface area contributed by atoms with Gasteiger partial charge < -0.3 is 5.32 Å². The van der Waals surface area contributed by atoms with Gasteiger partial charge in [-0.2, -0.15) is 5.10 Å². The van der Waals surface area contributed by atoms with Gasteiger partial charge in [-0.05, 0) is 28.1 Å². The first-order valence-corrected chi connectivity index (χ1v) is 7.27. The molecule has 0 unspecified atom stereocenters. The lowest BCUT2D eigenvalue weighted by atomic mass is 10.3. The van der Waals surface area contributed by atoms with Crippen LogP contribution in [-0.2, 0) is 20.0 Å². The quantitative estimate of drug-likeness (QED) is 0.851. The lowest BCUT2D eigenvalue weighted by molar-refractivity contribution is 0.646. The van der Waals surface area contributed by atoms with Crippen molar-refractivity contribution in [1.82, 2.24) is 15.1 Å². The van der Waals surface area contributed by atoms with Crippen molar-refractivity contribution in [2.75, 3.05) is 6.54 Å². The first kappa shape index (κ1) is 13.1. The predicted molar refractivity (Wildman–Crippen MR) is 75.6 cm³/mol. The number of hydrogen-bond donors (Lipinski definition) is 1. The molecule has 6 heteroatoms. The van der Waals surface area contributed by atoms with Gasteiger partial charge in [0.05, 0.1) is 0 Å². The first-order valence-electron chi connectivity index (χ1n) is 5.28. The summed E-state index contributed by atoms with van der Waals surface area (Å²) in [7, 11) is 1.96. The van der Waals surface area contributed by atoms with Crippen LogP contribution >= 0.6 is 38.9 Å². The maximum absolute atomic E-state index is 5.98. The molecule has 0 spiro atoms. The van der Waals surface area contributed by atoms with Crippen LogP contribution in [-0.4, -0.2) is 16.3 Å². The molecule has 2 rings (SSSR count). The molecule has 92 valence electrons. The van der Waals surface area contributed by atoms with Gasteiger partial charge in [-0.3, -0.25) is 4.68 Å². The van der Waals surface area contributed by atoms with Crippen LogP contribution in [0.25, 0.3) is 0 Å². The number of aromatic nitrogens is 2. The van der Waals surface area contributed by atoms with Crippen molar-refractivity contribution in [3.05, 3.63) is 37.7 Å². The monoisotopic (exact) mass is 333 g/mol. The molecule has 0 atom stereocenters. The maximum Gasteiger partial charge on any atom is 0.107 e. The fourth-order valence-corrected chi connectivity index (χ4v) is 3.31. The molecule has 3 nitrogen and oxygen atoms in total. The van der Waals surface area contributed by atoms with Crippen LogP contribution < -0.4 is 5.32 Å². The summed E-state index contributed by atoms with van der Waals surface area (Å²) in [6, 6.07) is 4.10. The highest BCUT2D eigenvalue weighted by Gasteiger charge is 2.04.